The molecule has 0 bridgehead atoms. The van der Waals surface area contributed by atoms with Gasteiger partial charge in [0.05, 0.1) is 8.93 Å². The summed E-state index contributed by atoms with van der Waals surface area (Å²) in [4.78, 5) is 4.46. The highest BCUT2D eigenvalue weighted by Gasteiger charge is 2.18. The number of hydrogen-bond acceptors (Lipinski definition) is 3. The molecule has 2 heterocycles. The highest BCUT2D eigenvalue weighted by Crippen LogP contribution is 2.26. The number of thiophene rings is 1. The van der Waals surface area contributed by atoms with E-state index < -0.39 is 0 Å². The molecule has 0 aliphatic rings. The van der Waals surface area contributed by atoms with Crippen molar-refractivity contribution >= 4 is 33.9 Å². The third-order valence-corrected chi connectivity index (χ3v) is 4.44. The van der Waals surface area contributed by atoms with Crippen LogP contribution in [0.4, 0.5) is 0 Å². The summed E-state index contributed by atoms with van der Waals surface area (Å²) in [7, 11) is 2.04. The van der Waals surface area contributed by atoms with Crippen molar-refractivity contribution in [2.45, 2.75) is 19.4 Å². The summed E-state index contributed by atoms with van der Waals surface area (Å²) in [6.07, 6.45) is 4.97. The quantitative estimate of drug-likeness (QED) is 0.830. The molecule has 0 radical (unpaired) electrons. The van der Waals surface area contributed by atoms with Gasteiger partial charge in [-0.2, -0.15) is 0 Å². The van der Waals surface area contributed by atoms with Gasteiger partial charge in [-0.15, -0.1) is 11.3 Å². The van der Waals surface area contributed by atoms with Crippen molar-refractivity contribution in [1.82, 2.24) is 14.9 Å². The Kier molecular flexibility index (Phi) is 4.58. The Balaban J connectivity index is 2.28. The third kappa shape index (κ3) is 3.08. The lowest BCUT2D eigenvalue weighted by molar-refractivity contribution is 0.557. The normalized spacial score (nSPS) is 12.9. The van der Waals surface area contributed by atoms with Gasteiger partial charge in [-0.25, -0.2) is 4.98 Å². The maximum atomic E-state index is 4.46. The molecule has 3 nitrogen and oxygen atoms in total. The van der Waals surface area contributed by atoms with Crippen LogP contribution in [0, 0.1) is 2.88 Å². The minimum absolute atomic E-state index is 0.203. The number of imidazole rings is 1. The second-order valence-electron chi connectivity index (χ2n) is 3.97. The molecule has 0 aliphatic carbocycles. The molecule has 5 heteroatoms. The van der Waals surface area contributed by atoms with E-state index in [2.05, 4.69) is 55.8 Å². The zero-order valence-electron chi connectivity index (χ0n) is 9.98. The summed E-state index contributed by atoms with van der Waals surface area (Å²) in [5.74, 6) is 1.08. The molecule has 0 fully saturated rings. The first-order valence-corrected chi connectivity index (χ1v) is 7.62. The fourth-order valence-corrected chi connectivity index (χ4v) is 3.17. The van der Waals surface area contributed by atoms with Gasteiger partial charge >= 0.3 is 0 Å². The van der Waals surface area contributed by atoms with E-state index in [4.69, 9.17) is 0 Å². The van der Waals surface area contributed by atoms with Gasteiger partial charge in [0.25, 0.3) is 0 Å². The monoisotopic (exact) mass is 361 g/mol. The Morgan fingerprint density at radius 1 is 1.59 bits per heavy atom. The molecule has 0 amide bonds. The summed E-state index contributed by atoms with van der Waals surface area (Å²) < 4.78 is 3.40. The first kappa shape index (κ1) is 13.0. The smallest absolute Gasteiger partial charge is 0.130 e. The number of aryl methyl sites for hydroxylation is 1. The van der Waals surface area contributed by atoms with Crippen molar-refractivity contribution in [3.63, 3.8) is 0 Å². The summed E-state index contributed by atoms with van der Waals surface area (Å²) >= 11 is 4.14. The maximum Gasteiger partial charge on any atom is 0.130 e. The van der Waals surface area contributed by atoms with Crippen molar-refractivity contribution in [3.8, 4) is 0 Å². The van der Waals surface area contributed by atoms with Crippen molar-refractivity contribution in [2.24, 2.45) is 7.05 Å². The lowest BCUT2D eigenvalue weighted by Gasteiger charge is -2.17. The molecule has 1 atom stereocenters. The Labute approximate surface area is 119 Å². The van der Waals surface area contributed by atoms with E-state index in [-0.39, 0.29) is 6.04 Å². The van der Waals surface area contributed by atoms with E-state index in [1.54, 1.807) is 11.3 Å². The zero-order valence-corrected chi connectivity index (χ0v) is 13.0. The van der Waals surface area contributed by atoms with Crippen LogP contribution in [0.15, 0.2) is 23.8 Å². The molecule has 2 aromatic heterocycles. The fraction of sp³-hybridized carbons (Fsp3) is 0.417. The van der Waals surface area contributed by atoms with Gasteiger partial charge in [0.1, 0.15) is 5.82 Å². The van der Waals surface area contributed by atoms with E-state index in [1.807, 2.05) is 19.4 Å². The first-order valence-electron chi connectivity index (χ1n) is 5.67. The molecular formula is C12H16IN3S. The van der Waals surface area contributed by atoms with Crippen molar-refractivity contribution in [2.75, 3.05) is 6.54 Å². The van der Waals surface area contributed by atoms with Crippen LogP contribution in [0.1, 0.15) is 30.8 Å². The van der Waals surface area contributed by atoms with E-state index in [9.17, 15) is 0 Å². The van der Waals surface area contributed by atoms with Crippen LogP contribution in [0.3, 0.4) is 0 Å². The lowest BCUT2D eigenvalue weighted by Crippen LogP contribution is -2.25. The molecule has 17 heavy (non-hydrogen) atoms. The SMILES string of the molecule is CCCNC(c1csc(I)c1)c1nccn1C. The lowest BCUT2D eigenvalue weighted by atomic mass is 10.1. The molecule has 2 aromatic rings. The standard InChI is InChI=1S/C12H16IN3S/c1-3-4-14-11(9-7-10(13)17-8-9)12-15-5-6-16(12)2/h5-8,11,14H,3-4H2,1-2H3. The summed E-state index contributed by atoms with van der Waals surface area (Å²) in [5, 5.41) is 5.77. The van der Waals surface area contributed by atoms with Crippen molar-refractivity contribution < 1.29 is 0 Å². The predicted molar refractivity (Wildman–Crippen MR) is 80.4 cm³/mol. The molecule has 1 unspecified atom stereocenters. The number of aromatic nitrogens is 2. The van der Waals surface area contributed by atoms with Crippen LogP contribution in [0.25, 0.3) is 0 Å². The number of nitrogens with zero attached hydrogens (tertiary/aromatic N) is 2. The van der Waals surface area contributed by atoms with Crippen LogP contribution in [0.2, 0.25) is 0 Å². The number of nitrogens with one attached hydrogen (secondary N) is 1. The number of hydrogen-bond donors (Lipinski definition) is 1. The van der Waals surface area contributed by atoms with Crippen molar-refractivity contribution in [1.29, 1.82) is 0 Å². The summed E-state index contributed by atoms with van der Waals surface area (Å²) in [6, 6.07) is 2.43. The average molecular weight is 361 g/mol. The Bertz CT molecular complexity index is 478. The van der Waals surface area contributed by atoms with Crippen molar-refractivity contribution in [3.05, 3.63) is 38.1 Å². The van der Waals surface area contributed by atoms with Gasteiger partial charge in [0.15, 0.2) is 0 Å². The van der Waals surface area contributed by atoms with E-state index in [0.717, 1.165) is 18.8 Å². The number of halogens is 1. The van der Waals surface area contributed by atoms with E-state index in [0.29, 0.717) is 0 Å². The summed E-state index contributed by atoms with van der Waals surface area (Å²) in [6.45, 7) is 3.18. The molecule has 0 aromatic carbocycles. The minimum Gasteiger partial charge on any atom is -0.336 e. The van der Waals surface area contributed by atoms with E-state index in [1.165, 1.54) is 8.45 Å². The first-order chi connectivity index (χ1) is 8.22. The van der Waals surface area contributed by atoms with Crippen LogP contribution < -0.4 is 5.32 Å². The van der Waals surface area contributed by atoms with Gasteiger partial charge in [-0.3, -0.25) is 0 Å². The molecule has 0 saturated heterocycles. The molecule has 0 saturated carbocycles. The molecule has 92 valence electrons. The van der Waals surface area contributed by atoms with Gasteiger partial charge in [0, 0.05) is 19.4 Å². The number of rotatable bonds is 5. The Morgan fingerprint density at radius 3 is 2.94 bits per heavy atom. The molecule has 2 rings (SSSR count). The molecule has 0 aliphatic heterocycles. The van der Waals surface area contributed by atoms with Crippen LogP contribution in [-0.2, 0) is 7.05 Å². The Morgan fingerprint density at radius 2 is 2.41 bits per heavy atom. The van der Waals surface area contributed by atoms with Crippen LogP contribution >= 0.6 is 33.9 Å². The maximum absolute atomic E-state index is 4.46. The van der Waals surface area contributed by atoms with Gasteiger partial charge < -0.3 is 9.88 Å². The zero-order chi connectivity index (χ0) is 12.3. The minimum atomic E-state index is 0.203. The topological polar surface area (TPSA) is 29.9 Å². The van der Waals surface area contributed by atoms with E-state index >= 15 is 0 Å². The third-order valence-electron chi connectivity index (χ3n) is 2.64. The Hall–Kier alpha value is -0.400. The van der Waals surface area contributed by atoms with Gasteiger partial charge in [0.2, 0.25) is 0 Å². The second-order valence-corrected chi connectivity index (χ2v) is 6.77. The molecule has 0 spiro atoms. The second kappa shape index (κ2) is 5.97. The fourth-order valence-electron chi connectivity index (χ4n) is 1.78. The van der Waals surface area contributed by atoms with Gasteiger partial charge in [-0.05, 0) is 52.6 Å². The average Bonchev–Trinajstić information content (AvgIpc) is 2.90. The predicted octanol–water partition coefficient (Wildman–Crippen LogP) is 3.18. The van der Waals surface area contributed by atoms with Gasteiger partial charge in [-0.1, -0.05) is 6.92 Å². The highest BCUT2D eigenvalue weighted by atomic mass is 127. The highest BCUT2D eigenvalue weighted by molar-refractivity contribution is 14.1. The molecular weight excluding hydrogens is 345 g/mol. The largest absolute Gasteiger partial charge is 0.336 e. The van der Waals surface area contributed by atoms with Crippen LogP contribution in [-0.4, -0.2) is 16.1 Å². The summed E-state index contributed by atoms with van der Waals surface area (Å²) in [5.41, 5.74) is 1.31. The molecule has 1 N–H and O–H groups in total. The van der Waals surface area contributed by atoms with Crippen LogP contribution in [0.5, 0.6) is 0 Å².